The fourth-order valence-electron chi connectivity index (χ4n) is 33.1. The molecule has 14 heterocycles. The van der Waals surface area contributed by atoms with E-state index in [1.165, 1.54) is 64.2 Å². The number of hydrogen-bond acceptors (Lipinski definition) is 25. The molecule has 42 heteroatoms. The van der Waals surface area contributed by atoms with Crippen molar-refractivity contribution < 1.29 is 104 Å². The first-order valence-electron chi connectivity index (χ1n) is 61.5. The highest BCUT2D eigenvalue weighted by Crippen LogP contribution is 2.70. The second-order valence-corrected chi connectivity index (χ2v) is 108. The molecule has 14 saturated heterocycles. The summed E-state index contributed by atoms with van der Waals surface area (Å²) in [5.41, 5.74) is -0.133. The molecule has 16 saturated carbocycles. The lowest BCUT2D eigenvalue weighted by molar-refractivity contribution is -0.0355. The Balaban J connectivity index is 0.000000158. The van der Waals surface area contributed by atoms with Crippen LogP contribution in [0.5, 0.6) is 0 Å². The van der Waals surface area contributed by atoms with E-state index in [9.17, 15) is 9.59 Å². The van der Waals surface area contributed by atoms with E-state index < -0.39 is 149 Å². The topological polar surface area (TPSA) is 253 Å². The molecule has 12 bridgehead atoms. The van der Waals surface area contributed by atoms with Crippen molar-refractivity contribution >= 4 is 149 Å². The van der Waals surface area contributed by atoms with E-state index in [0.29, 0.717) is 0 Å². The van der Waals surface area contributed by atoms with Crippen LogP contribution in [0.1, 0.15) is 514 Å². The van der Waals surface area contributed by atoms with Crippen LogP contribution in [0.2, 0.25) is 115 Å². The average molecular weight is 2270 g/mol. The largest absolute Gasteiger partial charge is 0.486 e. The SMILES string of the molecule is C[Si](C)(C)O[Si@@]1(C2CCCCC2)O[Si]2(C3CCCCC3)O[Si]3(C4CCCCC4)O[Si]4(C5CCCCC5)O[Si](C5CCCCC5)(O2)O[Si](C2CCCCC2)(O[Si](C2CCCCC2)(O3)O[Si@@](C)(C2CCCCC2)O4)O1.O[Si@]1(C2CCCCC2)O[Si]2(C3CCCCC3)O[Si]3(C4CCCCC4)O[Si]4(C5CCCCC5)O[Si](C5CCCCC5)(O2)O[Si](C2CCCCC2)(O[Si](C2CCCCC2)(O3)O1)O[Si@](O)(C1CCCCC1)O4. The molecule has 12 unspecified atom stereocenters. The zero-order chi connectivity index (χ0) is 96.6. The second kappa shape index (κ2) is 44.7. The zero-order valence-corrected chi connectivity index (χ0v) is 106. The monoisotopic (exact) mass is 2270 g/mol. The molecule has 0 aromatic heterocycles. The van der Waals surface area contributed by atoms with E-state index >= 15 is 0 Å². The maximum absolute atomic E-state index is 14.4. The lowest BCUT2D eigenvalue weighted by Crippen LogP contribution is -2.88. The Labute approximate surface area is 874 Å². The Morgan fingerprint density at radius 3 is 0.423 bits per heavy atom. The molecule has 30 aliphatic rings. The molecular weight excluding hydrogens is 2080 g/mol. The van der Waals surface area contributed by atoms with Gasteiger partial charge in [0.1, 0.15) is 0 Å². The van der Waals surface area contributed by atoms with Crippen molar-refractivity contribution in [3.8, 4) is 0 Å². The predicted molar refractivity (Wildman–Crippen MR) is 580 cm³/mol. The molecule has 0 amide bonds. The summed E-state index contributed by atoms with van der Waals surface area (Å²) in [4.78, 5) is 28.8. The first-order chi connectivity index (χ1) is 68.9. The third-order valence-corrected chi connectivity index (χ3v) is 121. The predicted octanol–water partition coefficient (Wildman–Crippen LogP) is 29.8. The van der Waals surface area contributed by atoms with Crippen molar-refractivity contribution in [2.45, 2.75) is 629 Å². The maximum Gasteiger partial charge on any atom is 0.486 e. The van der Waals surface area contributed by atoms with Crippen molar-refractivity contribution in [1.82, 2.24) is 0 Å². The summed E-state index contributed by atoms with van der Waals surface area (Å²) in [5.74, 6) is 0. The van der Waals surface area contributed by atoms with E-state index in [1.807, 2.05) is 0 Å². The molecule has 0 radical (unpaired) electrons. The minimum atomic E-state index is -4.34. The van der Waals surface area contributed by atoms with Crippen LogP contribution in [-0.2, 0) is 94.6 Å². The van der Waals surface area contributed by atoms with Crippen molar-refractivity contribution in [1.29, 1.82) is 0 Å². The van der Waals surface area contributed by atoms with Gasteiger partial charge in [0.15, 0.2) is 8.32 Å². The minimum Gasteiger partial charge on any atom is -0.417 e. The van der Waals surface area contributed by atoms with Gasteiger partial charge < -0.3 is 104 Å². The lowest BCUT2D eigenvalue weighted by atomic mass is 10.0. The molecule has 30 rings (SSSR count). The Bertz CT molecular complexity index is 3880. The smallest absolute Gasteiger partial charge is 0.417 e. The summed E-state index contributed by atoms with van der Waals surface area (Å²) in [6, 6.07) is 0. The summed E-state index contributed by atoms with van der Waals surface area (Å²) in [5, 5.41) is 0. The molecule has 2 N–H and O–H groups in total. The van der Waals surface area contributed by atoms with Crippen molar-refractivity contribution in [3.63, 3.8) is 0 Å². The summed E-state index contributed by atoms with van der Waals surface area (Å²) < 4.78 is 199. The summed E-state index contributed by atoms with van der Waals surface area (Å²) in [6.45, 7) is 9.61. The van der Waals surface area contributed by atoms with Gasteiger partial charge in [-0.1, -0.05) is 308 Å². The molecule has 0 spiro atoms. The van der Waals surface area contributed by atoms with Crippen LogP contribution in [-0.4, -0.2) is 159 Å². The van der Waals surface area contributed by atoms with Gasteiger partial charge in [-0.05, 0) is 232 Å². The molecule has 142 heavy (non-hydrogen) atoms. The van der Waals surface area contributed by atoms with Crippen LogP contribution in [0.4, 0.5) is 0 Å². The Morgan fingerprint density at radius 1 is 0.148 bits per heavy atom. The minimum absolute atomic E-state index is 0.0415. The van der Waals surface area contributed by atoms with Crippen LogP contribution >= 0.6 is 0 Å². The van der Waals surface area contributed by atoms with E-state index in [4.69, 9.17) is 94.6 Å². The van der Waals surface area contributed by atoms with Crippen LogP contribution in [0.15, 0.2) is 0 Å². The third kappa shape index (κ3) is 21.5. The highest BCUT2D eigenvalue weighted by molar-refractivity contribution is 7.05. The Morgan fingerprint density at radius 2 is 0.268 bits per heavy atom. The molecule has 16 atom stereocenters. The molecular formula is C100H190O25Si17. The van der Waals surface area contributed by atoms with E-state index in [0.717, 1.165) is 449 Å². The van der Waals surface area contributed by atoms with Crippen LogP contribution in [0.25, 0.3) is 0 Å². The van der Waals surface area contributed by atoms with Gasteiger partial charge in [-0.3, -0.25) is 0 Å². The fourth-order valence-corrected chi connectivity index (χ4v) is 144. The van der Waals surface area contributed by atoms with Crippen LogP contribution < -0.4 is 0 Å². The molecule has 16 aliphatic carbocycles. The summed E-state index contributed by atoms with van der Waals surface area (Å²) in [7, 11) is -68.3. The maximum atomic E-state index is 14.4. The van der Waals surface area contributed by atoms with Crippen molar-refractivity contribution in [2.75, 3.05) is 0 Å². The molecule has 30 fully saturated rings. The van der Waals surface area contributed by atoms with Gasteiger partial charge in [0.25, 0.3) is 0 Å². The van der Waals surface area contributed by atoms with Gasteiger partial charge in [0.05, 0.1) is 0 Å². The normalized spacial score (nSPS) is 45.5. The van der Waals surface area contributed by atoms with E-state index in [2.05, 4.69) is 26.2 Å². The zero-order valence-electron chi connectivity index (χ0n) is 88.6. The van der Waals surface area contributed by atoms with E-state index in [-0.39, 0.29) is 88.7 Å². The van der Waals surface area contributed by atoms with Crippen LogP contribution in [0, 0.1) is 0 Å². The van der Waals surface area contributed by atoms with Gasteiger partial charge in [-0.25, -0.2) is 0 Å². The molecule has 25 nitrogen and oxygen atoms in total. The van der Waals surface area contributed by atoms with Gasteiger partial charge >= 0.3 is 141 Å². The van der Waals surface area contributed by atoms with E-state index in [1.54, 1.807) is 0 Å². The standard InChI is InChI=1S/C52H100O12Si9.C48H90O13Si8/c1-65(2,3)53-67(46-31-15-6-16-32-46)56-70(49-37-21-9-22-38-49)58-68(47-33-17-7-18-34-47)54-66(4,45-29-13-5-14-30-45)55-69(48-35-19-8-20-36-48)60-72(59-68,51-41-25-11-26-42-51)63-71(57-67,50-39-23-10-24-40-50)64-73(61-69,62-70)52-43-27-12-28-44-52;49-62(41-25-9-1-10-26-41)51-64(43-29-13-3-14-30-43)55-65(44-31-15-4-16-32-44)52-63(50,42-27-11-2-12-28-42)54-67(46-35-19-6-20-36-46)59-69(57-65,48-39-23-8-24-40-48)60-66(53-62,45-33-17-5-18-34-45)58-68(56-64,61-67)47-37-21-7-22-38-47/h45-52H,5-44H2,1-4H3;41-50H,1-40H2/t66-,67-,68?,69?,70?,71?,72?,73?;62-,63+,64?,65?,66?,67?,68?,69?/m1./s1. The molecule has 0 aromatic rings. The second-order valence-electron chi connectivity index (χ2n) is 51.9. The number of rotatable bonds is 18. The quantitative estimate of drug-likeness (QED) is 0.121. The van der Waals surface area contributed by atoms with Gasteiger partial charge in [0.2, 0.25) is 0 Å². The number of hydrogen-bond donors (Lipinski definition) is 2. The number of fused-ring (bicyclic) bond motifs is 8. The van der Waals surface area contributed by atoms with Crippen molar-refractivity contribution in [3.05, 3.63) is 0 Å². The first-order valence-corrected chi connectivity index (χ1v) is 94.4. The molecule has 14 aliphatic heterocycles. The van der Waals surface area contributed by atoms with Gasteiger partial charge in [0, 0.05) is 88.7 Å². The fraction of sp³-hybridized carbons (Fsp3) is 1.00. The molecule has 808 valence electrons. The average Bonchev–Trinajstić information content (AvgIpc) is 0.678. The Kier molecular flexibility index (Phi) is 33.9. The third-order valence-electron chi connectivity index (χ3n) is 40.8. The highest BCUT2D eigenvalue weighted by Gasteiger charge is 2.90. The molecule has 0 aromatic carbocycles. The first kappa shape index (κ1) is 108. The summed E-state index contributed by atoms with van der Waals surface area (Å²) >= 11 is 0. The van der Waals surface area contributed by atoms with Crippen LogP contribution in [0.3, 0.4) is 0 Å². The summed E-state index contributed by atoms with van der Waals surface area (Å²) in [6.07, 6.45) is 84.6. The highest BCUT2D eigenvalue weighted by atomic mass is 28.6. The van der Waals surface area contributed by atoms with Gasteiger partial charge in [-0.15, -0.1) is 0 Å². The van der Waals surface area contributed by atoms with Gasteiger partial charge in [-0.2, -0.15) is 0 Å². The lowest BCUT2D eigenvalue weighted by Gasteiger charge is -2.66. The Hall–Kier alpha value is 2.69. The van der Waals surface area contributed by atoms with Crippen molar-refractivity contribution in [2.24, 2.45) is 0 Å².